The number of ether oxygens (including phenoxy) is 3. The van der Waals surface area contributed by atoms with Gasteiger partial charge < -0.3 is 14.2 Å². The molecule has 0 aliphatic carbocycles. The molecule has 6 nitrogen and oxygen atoms in total. The van der Waals surface area contributed by atoms with Gasteiger partial charge in [-0.1, -0.05) is 15.9 Å². The number of esters is 3. The standard InChI is InChI=1S/C11H15BrO6S/c1-5(13)16-8-4-19-11(12)10(18-7(3)15)9(8)17-6(2)14/h8-11H,4H2,1-3H3/t8-,9+,10-,11?/m1/s1. The van der Waals surface area contributed by atoms with Crippen molar-refractivity contribution in [2.75, 3.05) is 5.75 Å². The molecule has 108 valence electrons. The van der Waals surface area contributed by atoms with Crippen molar-refractivity contribution in [1.82, 2.24) is 0 Å². The highest BCUT2D eigenvalue weighted by Gasteiger charge is 2.45. The Labute approximate surface area is 123 Å². The predicted molar refractivity (Wildman–Crippen MR) is 71.8 cm³/mol. The minimum Gasteiger partial charge on any atom is -0.458 e. The number of rotatable bonds is 3. The summed E-state index contributed by atoms with van der Waals surface area (Å²) in [6.07, 6.45) is -2.15. The summed E-state index contributed by atoms with van der Waals surface area (Å²) in [4.78, 5) is 33.3. The van der Waals surface area contributed by atoms with Gasteiger partial charge in [0.05, 0.1) is 0 Å². The highest BCUT2D eigenvalue weighted by Crippen LogP contribution is 2.35. The molecule has 1 heterocycles. The van der Waals surface area contributed by atoms with Crippen molar-refractivity contribution in [3.05, 3.63) is 0 Å². The summed E-state index contributed by atoms with van der Waals surface area (Å²) in [5, 5.41) is 0. The fraction of sp³-hybridized carbons (Fsp3) is 0.727. The van der Waals surface area contributed by atoms with Gasteiger partial charge in [0.1, 0.15) is 4.16 Å². The van der Waals surface area contributed by atoms with Crippen LogP contribution in [-0.4, -0.2) is 46.1 Å². The van der Waals surface area contributed by atoms with Gasteiger partial charge in [-0.25, -0.2) is 0 Å². The Hall–Kier alpha value is -0.760. The Morgan fingerprint density at radius 1 is 0.947 bits per heavy atom. The van der Waals surface area contributed by atoms with E-state index in [1.54, 1.807) is 0 Å². The van der Waals surface area contributed by atoms with Crippen molar-refractivity contribution in [3.8, 4) is 0 Å². The second-order valence-corrected chi connectivity index (χ2v) is 6.75. The van der Waals surface area contributed by atoms with Gasteiger partial charge in [-0.2, -0.15) is 0 Å². The van der Waals surface area contributed by atoms with Crippen molar-refractivity contribution in [1.29, 1.82) is 0 Å². The van der Waals surface area contributed by atoms with Crippen LogP contribution in [0.5, 0.6) is 0 Å². The first-order valence-corrected chi connectivity index (χ1v) is 7.55. The van der Waals surface area contributed by atoms with E-state index in [9.17, 15) is 14.4 Å². The third-order valence-electron chi connectivity index (χ3n) is 2.29. The number of halogens is 1. The van der Waals surface area contributed by atoms with Crippen LogP contribution in [0, 0.1) is 0 Å². The molecule has 1 rings (SSSR count). The molecular formula is C11H15BrO6S. The van der Waals surface area contributed by atoms with Gasteiger partial charge in [0, 0.05) is 26.5 Å². The summed E-state index contributed by atoms with van der Waals surface area (Å²) in [6.45, 7) is 3.79. The Morgan fingerprint density at radius 3 is 1.89 bits per heavy atom. The molecule has 8 heteroatoms. The Kier molecular flexibility index (Phi) is 6.12. The molecule has 0 aromatic carbocycles. The van der Waals surface area contributed by atoms with Gasteiger partial charge >= 0.3 is 17.9 Å². The first-order chi connectivity index (χ1) is 8.81. The van der Waals surface area contributed by atoms with Crippen LogP contribution in [0.3, 0.4) is 0 Å². The molecule has 1 unspecified atom stereocenters. The van der Waals surface area contributed by atoms with Crippen LogP contribution in [-0.2, 0) is 28.6 Å². The van der Waals surface area contributed by atoms with E-state index in [1.807, 2.05) is 0 Å². The number of thioether (sulfide) groups is 1. The number of alkyl halides is 1. The smallest absolute Gasteiger partial charge is 0.303 e. The first kappa shape index (κ1) is 16.3. The Morgan fingerprint density at radius 2 is 1.42 bits per heavy atom. The van der Waals surface area contributed by atoms with Gasteiger partial charge in [-0.05, 0) is 0 Å². The van der Waals surface area contributed by atoms with Crippen LogP contribution >= 0.6 is 27.7 Å². The lowest BCUT2D eigenvalue weighted by Crippen LogP contribution is -2.52. The maximum Gasteiger partial charge on any atom is 0.303 e. The number of hydrogen-bond donors (Lipinski definition) is 0. The summed E-state index contributed by atoms with van der Waals surface area (Å²) in [5.74, 6) is -1.04. The monoisotopic (exact) mass is 354 g/mol. The molecular weight excluding hydrogens is 340 g/mol. The summed E-state index contributed by atoms with van der Waals surface area (Å²) in [6, 6.07) is 0. The fourth-order valence-corrected chi connectivity index (χ4v) is 3.60. The Bertz CT molecular complexity index is 374. The van der Waals surface area contributed by atoms with E-state index >= 15 is 0 Å². The molecule has 0 spiro atoms. The zero-order valence-electron chi connectivity index (χ0n) is 10.8. The van der Waals surface area contributed by atoms with Crippen LogP contribution < -0.4 is 0 Å². The van der Waals surface area contributed by atoms with E-state index in [1.165, 1.54) is 32.5 Å². The topological polar surface area (TPSA) is 78.9 Å². The summed E-state index contributed by atoms with van der Waals surface area (Å²) < 4.78 is 15.2. The molecule has 0 aromatic rings. The highest BCUT2D eigenvalue weighted by molar-refractivity contribution is 9.11. The number of carbonyl (C=O) groups is 3. The Balaban J connectivity index is 2.89. The fourth-order valence-electron chi connectivity index (χ4n) is 1.70. The van der Waals surface area contributed by atoms with Gasteiger partial charge in [-0.15, -0.1) is 11.8 Å². The molecule has 0 amide bonds. The van der Waals surface area contributed by atoms with Gasteiger partial charge in [0.2, 0.25) is 0 Å². The van der Waals surface area contributed by atoms with Crippen molar-refractivity contribution in [2.45, 2.75) is 43.2 Å². The molecule has 1 saturated heterocycles. The quantitative estimate of drug-likeness (QED) is 0.428. The second-order valence-electron chi connectivity index (χ2n) is 3.98. The molecule has 4 atom stereocenters. The van der Waals surface area contributed by atoms with E-state index < -0.39 is 36.2 Å². The normalized spacial score (nSPS) is 30.3. The predicted octanol–water partition coefficient (Wildman–Crippen LogP) is 1.25. The van der Waals surface area contributed by atoms with Crippen molar-refractivity contribution >= 4 is 45.6 Å². The zero-order chi connectivity index (χ0) is 14.6. The molecule has 1 aliphatic rings. The first-order valence-electron chi connectivity index (χ1n) is 5.58. The molecule has 1 aliphatic heterocycles. The second kappa shape index (κ2) is 7.14. The van der Waals surface area contributed by atoms with E-state index in [0.29, 0.717) is 5.75 Å². The molecule has 19 heavy (non-hydrogen) atoms. The molecule has 1 fully saturated rings. The summed E-state index contributed by atoms with van der Waals surface area (Å²) in [5.41, 5.74) is 0. The SMILES string of the molecule is CC(=O)O[C@H]1[C@H](OC(C)=O)CSC(Br)[C@@H]1OC(C)=O. The lowest BCUT2D eigenvalue weighted by molar-refractivity contribution is -0.180. The average molecular weight is 355 g/mol. The van der Waals surface area contributed by atoms with Crippen LogP contribution in [0.4, 0.5) is 0 Å². The molecule has 0 saturated carbocycles. The number of hydrogen-bond acceptors (Lipinski definition) is 7. The third kappa shape index (κ3) is 5.02. The summed E-state index contributed by atoms with van der Waals surface area (Å²) in [7, 11) is 0. The van der Waals surface area contributed by atoms with Crippen LogP contribution in [0.25, 0.3) is 0 Å². The minimum absolute atomic E-state index is 0.229. The van der Waals surface area contributed by atoms with Gasteiger partial charge in [0.15, 0.2) is 18.3 Å². The van der Waals surface area contributed by atoms with E-state index in [-0.39, 0.29) is 4.16 Å². The highest BCUT2D eigenvalue weighted by atomic mass is 79.9. The molecule has 0 aromatic heterocycles. The molecule has 0 bridgehead atoms. The number of carbonyl (C=O) groups excluding carboxylic acids is 3. The van der Waals surface area contributed by atoms with E-state index in [4.69, 9.17) is 14.2 Å². The maximum atomic E-state index is 11.2. The zero-order valence-corrected chi connectivity index (χ0v) is 13.2. The van der Waals surface area contributed by atoms with Crippen molar-refractivity contribution in [2.24, 2.45) is 0 Å². The molecule has 0 N–H and O–H groups in total. The maximum absolute atomic E-state index is 11.2. The largest absolute Gasteiger partial charge is 0.458 e. The third-order valence-corrected chi connectivity index (χ3v) is 4.71. The molecule has 0 radical (unpaired) electrons. The average Bonchev–Trinajstić information content (AvgIpc) is 2.25. The lowest BCUT2D eigenvalue weighted by Gasteiger charge is -2.38. The van der Waals surface area contributed by atoms with Gasteiger partial charge in [0.25, 0.3) is 0 Å². The van der Waals surface area contributed by atoms with Crippen molar-refractivity contribution in [3.63, 3.8) is 0 Å². The van der Waals surface area contributed by atoms with Gasteiger partial charge in [-0.3, -0.25) is 14.4 Å². The lowest BCUT2D eigenvalue weighted by atomic mass is 10.1. The minimum atomic E-state index is -0.809. The van der Waals surface area contributed by atoms with E-state index in [0.717, 1.165) is 0 Å². The van der Waals surface area contributed by atoms with Crippen LogP contribution in [0.15, 0.2) is 0 Å². The van der Waals surface area contributed by atoms with E-state index in [2.05, 4.69) is 15.9 Å². The van der Waals surface area contributed by atoms with Crippen LogP contribution in [0.1, 0.15) is 20.8 Å². The van der Waals surface area contributed by atoms with Crippen molar-refractivity contribution < 1.29 is 28.6 Å². The van der Waals surface area contributed by atoms with Crippen LogP contribution in [0.2, 0.25) is 0 Å². The summed E-state index contributed by atoms with van der Waals surface area (Å²) >= 11 is 4.78.